The van der Waals surface area contributed by atoms with Crippen molar-refractivity contribution in [2.75, 3.05) is 26.7 Å². The van der Waals surface area contributed by atoms with Gasteiger partial charge >= 0.3 is 5.97 Å². The Kier molecular flexibility index (Phi) is 6.66. The largest absolute Gasteiger partial charge is 0.496 e. The third kappa shape index (κ3) is 5.10. The number of hydrogen-bond acceptors (Lipinski definition) is 4. The number of piperidine rings is 1. The van der Waals surface area contributed by atoms with Gasteiger partial charge in [-0.2, -0.15) is 0 Å². The molecule has 1 aliphatic heterocycles. The lowest BCUT2D eigenvalue weighted by Gasteiger charge is -2.32. The monoisotopic (exact) mass is 382 g/mol. The van der Waals surface area contributed by atoms with Gasteiger partial charge in [0.1, 0.15) is 5.75 Å². The van der Waals surface area contributed by atoms with E-state index in [2.05, 4.69) is 10.2 Å². The van der Waals surface area contributed by atoms with Gasteiger partial charge in [-0.1, -0.05) is 30.3 Å². The number of para-hydroxylation sites is 1. The van der Waals surface area contributed by atoms with E-state index < -0.39 is 5.97 Å². The van der Waals surface area contributed by atoms with Crippen LogP contribution in [0, 0.1) is 0 Å². The first-order valence-electron chi connectivity index (χ1n) is 9.51. The van der Waals surface area contributed by atoms with Crippen LogP contribution in [0.15, 0.2) is 48.5 Å². The molecule has 28 heavy (non-hydrogen) atoms. The standard InChI is InChI=1S/C22H26N2O4/c1-28-20-7-3-2-5-18(20)13-23-21(25)15-24-12-4-6-19(14-24)16-8-10-17(11-9-16)22(26)27/h2-3,5,7-11,19H,4,6,12-15H2,1H3,(H,23,25)(H,26,27). The average Bonchev–Trinajstić information content (AvgIpc) is 2.72. The van der Waals surface area contributed by atoms with Crippen LogP contribution in [0.2, 0.25) is 0 Å². The van der Waals surface area contributed by atoms with Crippen LogP contribution in [0.25, 0.3) is 0 Å². The zero-order valence-electron chi connectivity index (χ0n) is 16.1. The van der Waals surface area contributed by atoms with Crippen LogP contribution in [-0.2, 0) is 11.3 Å². The van der Waals surface area contributed by atoms with Gasteiger partial charge in [0.05, 0.1) is 19.2 Å². The number of benzene rings is 2. The number of carboxylic acid groups (broad SMARTS) is 1. The average molecular weight is 382 g/mol. The normalized spacial score (nSPS) is 17.1. The van der Waals surface area contributed by atoms with E-state index in [0.29, 0.717) is 24.6 Å². The summed E-state index contributed by atoms with van der Waals surface area (Å²) < 4.78 is 5.32. The number of likely N-dealkylation sites (tertiary alicyclic amines) is 1. The Morgan fingerprint density at radius 2 is 1.93 bits per heavy atom. The summed E-state index contributed by atoms with van der Waals surface area (Å²) in [5.74, 6) is 0.167. The molecule has 0 aromatic heterocycles. The van der Waals surface area contributed by atoms with Crippen molar-refractivity contribution in [1.82, 2.24) is 10.2 Å². The Morgan fingerprint density at radius 3 is 2.64 bits per heavy atom. The van der Waals surface area contributed by atoms with Gasteiger partial charge in [-0.15, -0.1) is 0 Å². The molecular weight excluding hydrogens is 356 g/mol. The van der Waals surface area contributed by atoms with Crippen molar-refractivity contribution in [3.8, 4) is 5.75 Å². The fraction of sp³-hybridized carbons (Fsp3) is 0.364. The number of carboxylic acids is 1. The maximum absolute atomic E-state index is 12.4. The third-order valence-electron chi connectivity index (χ3n) is 5.17. The maximum Gasteiger partial charge on any atom is 0.335 e. The van der Waals surface area contributed by atoms with E-state index in [1.165, 1.54) is 0 Å². The highest BCUT2D eigenvalue weighted by molar-refractivity contribution is 5.87. The van der Waals surface area contributed by atoms with Crippen molar-refractivity contribution in [1.29, 1.82) is 0 Å². The lowest BCUT2D eigenvalue weighted by Crippen LogP contribution is -2.41. The third-order valence-corrected chi connectivity index (χ3v) is 5.17. The van der Waals surface area contributed by atoms with Gasteiger partial charge in [0.25, 0.3) is 0 Å². The summed E-state index contributed by atoms with van der Waals surface area (Å²) in [6, 6.07) is 14.7. The minimum Gasteiger partial charge on any atom is -0.496 e. The number of rotatable bonds is 7. The lowest BCUT2D eigenvalue weighted by atomic mass is 9.90. The second kappa shape index (κ2) is 9.37. The highest BCUT2D eigenvalue weighted by Gasteiger charge is 2.23. The van der Waals surface area contributed by atoms with Gasteiger partial charge in [0.15, 0.2) is 0 Å². The summed E-state index contributed by atoms with van der Waals surface area (Å²) in [5.41, 5.74) is 2.38. The first-order valence-corrected chi connectivity index (χ1v) is 9.51. The topological polar surface area (TPSA) is 78.9 Å². The molecule has 0 aliphatic carbocycles. The summed E-state index contributed by atoms with van der Waals surface area (Å²) in [7, 11) is 1.62. The van der Waals surface area contributed by atoms with Crippen LogP contribution in [-0.4, -0.2) is 48.6 Å². The molecule has 2 aromatic rings. The number of aromatic carboxylic acids is 1. The lowest BCUT2D eigenvalue weighted by molar-refractivity contribution is -0.122. The van der Waals surface area contributed by atoms with Crippen molar-refractivity contribution in [3.05, 3.63) is 65.2 Å². The fourth-order valence-corrected chi connectivity index (χ4v) is 3.67. The SMILES string of the molecule is COc1ccccc1CNC(=O)CN1CCCC(c2ccc(C(=O)O)cc2)C1. The van der Waals surface area contributed by atoms with E-state index in [0.717, 1.165) is 42.8 Å². The number of carbonyl (C=O) groups is 2. The number of methoxy groups -OCH3 is 1. The van der Waals surface area contributed by atoms with Crippen LogP contribution in [0.4, 0.5) is 0 Å². The number of nitrogens with one attached hydrogen (secondary N) is 1. The molecule has 0 spiro atoms. The number of nitrogens with zero attached hydrogens (tertiary/aromatic N) is 1. The molecule has 6 heteroatoms. The molecule has 1 atom stereocenters. The van der Waals surface area contributed by atoms with Gasteiger partial charge in [-0.05, 0) is 49.1 Å². The minimum atomic E-state index is -0.913. The number of ether oxygens (including phenoxy) is 1. The molecule has 148 valence electrons. The fourth-order valence-electron chi connectivity index (χ4n) is 3.67. The van der Waals surface area contributed by atoms with Crippen LogP contribution >= 0.6 is 0 Å². The van der Waals surface area contributed by atoms with E-state index in [9.17, 15) is 9.59 Å². The van der Waals surface area contributed by atoms with Gasteiger partial charge < -0.3 is 15.2 Å². The van der Waals surface area contributed by atoms with Crippen molar-refractivity contribution in [2.24, 2.45) is 0 Å². The van der Waals surface area contributed by atoms with E-state index in [1.807, 2.05) is 36.4 Å². The predicted molar refractivity (Wildman–Crippen MR) is 107 cm³/mol. The quantitative estimate of drug-likeness (QED) is 0.770. The summed E-state index contributed by atoms with van der Waals surface area (Å²) in [6.07, 6.45) is 2.07. The molecule has 1 fully saturated rings. The molecule has 1 unspecified atom stereocenters. The molecule has 6 nitrogen and oxygen atoms in total. The number of amides is 1. The van der Waals surface area contributed by atoms with E-state index in [4.69, 9.17) is 9.84 Å². The zero-order chi connectivity index (χ0) is 19.9. The van der Waals surface area contributed by atoms with Crippen molar-refractivity contribution in [2.45, 2.75) is 25.3 Å². The van der Waals surface area contributed by atoms with Crippen molar-refractivity contribution in [3.63, 3.8) is 0 Å². The number of carbonyl (C=O) groups excluding carboxylic acids is 1. The molecule has 1 aliphatic rings. The molecule has 0 saturated carbocycles. The van der Waals surface area contributed by atoms with E-state index in [1.54, 1.807) is 19.2 Å². The summed E-state index contributed by atoms with van der Waals surface area (Å²) in [4.78, 5) is 25.6. The first kappa shape index (κ1) is 19.9. The van der Waals surface area contributed by atoms with E-state index >= 15 is 0 Å². The minimum absolute atomic E-state index is 0.00668. The Bertz CT molecular complexity index is 820. The van der Waals surface area contributed by atoms with Gasteiger partial charge in [0, 0.05) is 18.7 Å². The molecule has 3 rings (SSSR count). The molecule has 0 bridgehead atoms. The summed E-state index contributed by atoms with van der Waals surface area (Å²) in [6.45, 7) is 2.50. The van der Waals surface area contributed by atoms with E-state index in [-0.39, 0.29) is 5.91 Å². The molecule has 0 radical (unpaired) electrons. The van der Waals surface area contributed by atoms with Crippen LogP contribution in [0.5, 0.6) is 5.75 Å². The second-order valence-electron chi connectivity index (χ2n) is 7.09. The van der Waals surface area contributed by atoms with Gasteiger partial charge in [-0.3, -0.25) is 9.69 Å². The maximum atomic E-state index is 12.4. The van der Waals surface area contributed by atoms with Gasteiger partial charge in [-0.25, -0.2) is 4.79 Å². The van der Waals surface area contributed by atoms with Crippen LogP contribution in [0.1, 0.15) is 40.2 Å². The Balaban J connectivity index is 1.52. The molecule has 1 heterocycles. The molecule has 1 amide bonds. The van der Waals surface area contributed by atoms with Crippen molar-refractivity contribution < 1.29 is 19.4 Å². The summed E-state index contributed by atoms with van der Waals surface area (Å²) >= 11 is 0. The summed E-state index contributed by atoms with van der Waals surface area (Å²) in [5, 5.41) is 12.0. The Morgan fingerprint density at radius 1 is 1.18 bits per heavy atom. The second-order valence-corrected chi connectivity index (χ2v) is 7.09. The highest BCUT2D eigenvalue weighted by Crippen LogP contribution is 2.27. The molecule has 1 saturated heterocycles. The molecule has 2 aromatic carbocycles. The van der Waals surface area contributed by atoms with Crippen LogP contribution in [0.3, 0.4) is 0 Å². The van der Waals surface area contributed by atoms with Crippen molar-refractivity contribution >= 4 is 11.9 Å². The molecular formula is C22H26N2O4. The highest BCUT2D eigenvalue weighted by atomic mass is 16.5. The molecule has 2 N–H and O–H groups in total. The zero-order valence-corrected chi connectivity index (χ0v) is 16.1. The van der Waals surface area contributed by atoms with Crippen LogP contribution < -0.4 is 10.1 Å². The van der Waals surface area contributed by atoms with Gasteiger partial charge in [0.2, 0.25) is 5.91 Å². The first-order chi connectivity index (χ1) is 13.6. The predicted octanol–water partition coefficient (Wildman–Crippen LogP) is 2.89. The Hall–Kier alpha value is -2.86. The number of hydrogen-bond donors (Lipinski definition) is 2. The smallest absolute Gasteiger partial charge is 0.335 e. The Labute approximate surface area is 165 Å².